The van der Waals surface area contributed by atoms with E-state index in [2.05, 4.69) is 11.9 Å². The normalized spacial score (nSPS) is 9.67. The summed E-state index contributed by atoms with van der Waals surface area (Å²) in [6.07, 6.45) is 3.12. The van der Waals surface area contributed by atoms with Crippen molar-refractivity contribution in [2.75, 3.05) is 6.26 Å². The van der Waals surface area contributed by atoms with E-state index in [1.54, 1.807) is 12.1 Å². The Morgan fingerprint density at radius 3 is 3.00 bits per heavy atom. The van der Waals surface area contributed by atoms with Crippen LogP contribution in [0.15, 0.2) is 35.7 Å². The highest BCUT2D eigenvalue weighted by molar-refractivity contribution is 7.98. The Hall–Kier alpha value is -1.42. The van der Waals surface area contributed by atoms with Gasteiger partial charge in [-0.25, -0.2) is 0 Å². The van der Waals surface area contributed by atoms with Crippen molar-refractivity contribution in [2.24, 2.45) is 0 Å². The van der Waals surface area contributed by atoms with Gasteiger partial charge in [0.2, 0.25) is 5.91 Å². The number of phenols is 1. The lowest BCUT2D eigenvalue weighted by atomic mass is 10.2. The zero-order valence-electron chi connectivity index (χ0n) is 8.49. The molecule has 1 rings (SSSR count). The maximum absolute atomic E-state index is 10.9. The molecule has 0 spiro atoms. The highest BCUT2D eigenvalue weighted by Crippen LogP contribution is 2.27. The molecule has 0 saturated carbocycles. The zero-order chi connectivity index (χ0) is 11.3. The van der Waals surface area contributed by atoms with Crippen LogP contribution in [0, 0.1) is 0 Å². The molecule has 2 N–H and O–H groups in total. The lowest BCUT2D eigenvalue weighted by Crippen LogP contribution is -2.19. The van der Waals surface area contributed by atoms with Crippen LogP contribution in [0.5, 0.6) is 5.75 Å². The Morgan fingerprint density at radius 2 is 2.40 bits per heavy atom. The number of carbonyl (C=O) groups is 1. The fourth-order valence-electron chi connectivity index (χ4n) is 1.09. The topological polar surface area (TPSA) is 49.3 Å². The predicted octanol–water partition coefficient (Wildman–Crippen LogP) is 1.92. The first kappa shape index (κ1) is 11.7. The quantitative estimate of drug-likeness (QED) is 0.605. The third kappa shape index (κ3) is 3.32. The average Bonchev–Trinajstić information content (AvgIpc) is 2.27. The van der Waals surface area contributed by atoms with Crippen LogP contribution >= 0.6 is 11.8 Å². The van der Waals surface area contributed by atoms with Crippen molar-refractivity contribution in [2.45, 2.75) is 11.4 Å². The summed E-state index contributed by atoms with van der Waals surface area (Å²) in [6.45, 7) is 3.81. The number of hydrogen-bond donors (Lipinski definition) is 2. The smallest absolute Gasteiger partial charge is 0.243 e. The van der Waals surface area contributed by atoms with Crippen LogP contribution in [0.4, 0.5) is 0 Å². The van der Waals surface area contributed by atoms with Crippen LogP contribution in [-0.2, 0) is 11.3 Å². The van der Waals surface area contributed by atoms with Gasteiger partial charge in [0, 0.05) is 11.4 Å². The monoisotopic (exact) mass is 223 g/mol. The van der Waals surface area contributed by atoms with Gasteiger partial charge in [0.25, 0.3) is 0 Å². The van der Waals surface area contributed by atoms with Gasteiger partial charge in [-0.2, -0.15) is 0 Å². The fraction of sp³-hybridized carbons (Fsp3) is 0.182. The van der Waals surface area contributed by atoms with Gasteiger partial charge in [0.15, 0.2) is 0 Å². The van der Waals surface area contributed by atoms with E-state index in [1.165, 1.54) is 17.8 Å². The Labute approximate surface area is 93.2 Å². The fourth-order valence-corrected chi connectivity index (χ4v) is 1.64. The lowest BCUT2D eigenvalue weighted by Gasteiger charge is -2.06. The van der Waals surface area contributed by atoms with E-state index in [9.17, 15) is 9.90 Å². The summed E-state index contributed by atoms with van der Waals surface area (Å²) < 4.78 is 0. The first-order chi connectivity index (χ1) is 7.17. The SMILES string of the molecule is C=CC(=O)NCc1ccc(O)c(SC)c1. The van der Waals surface area contributed by atoms with Crippen molar-refractivity contribution >= 4 is 17.7 Å². The van der Waals surface area contributed by atoms with Gasteiger partial charge in [-0.05, 0) is 30.0 Å². The summed E-state index contributed by atoms with van der Waals surface area (Å²) in [5.41, 5.74) is 0.951. The number of aromatic hydroxyl groups is 1. The summed E-state index contributed by atoms with van der Waals surface area (Å²) in [5.74, 6) is 0.0649. The van der Waals surface area contributed by atoms with Gasteiger partial charge in [0.1, 0.15) is 5.75 Å². The molecule has 0 saturated heterocycles. The Bertz CT molecular complexity index is 377. The molecule has 80 valence electrons. The molecule has 1 aromatic carbocycles. The van der Waals surface area contributed by atoms with E-state index in [-0.39, 0.29) is 11.7 Å². The van der Waals surface area contributed by atoms with Crippen LogP contribution in [0.1, 0.15) is 5.56 Å². The first-order valence-corrected chi connectivity index (χ1v) is 5.66. The molecule has 3 nitrogen and oxygen atoms in total. The highest BCUT2D eigenvalue weighted by Gasteiger charge is 2.02. The minimum absolute atomic E-state index is 0.200. The van der Waals surface area contributed by atoms with E-state index in [0.717, 1.165) is 10.5 Å². The zero-order valence-corrected chi connectivity index (χ0v) is 9.30. The molecular formula is C11H13NO2S. The van der Waals surface area contributed by atoms with Crippen LogP contribution in [-0.4, -0.2) is 17.3 Å². The summed E-state index contributed by atoms with van der Waals surface area (Å²) in [7, 11) is 0. The standard InChI is InChI=1S/C11H13NO2S/c1-3-11(14)12-7-8-4-5-9(13)10(6-8)15-2/h3-6,13H,1,7H2,2H3,(H,12,14). The second kappa shape index (κ2) is 5.46. The van der Waals surface area contributed by atoms with Gasteiger partial charge in [0.05, 0.1) is 0 Å². The number of nitrogens with one attached hydrogen (secondary N) is 1. The molecule has 0 fully saturated rings. The molecule has 0 unspecified atom stereocenters. The largest absolute Gasteiger partial charge is 0.507 e. The molecule has 0 aliphatic heterocycles. The van der Waals surface area contributed by atoms with Crippen molar-refractivity contribution in [3.8, 4) is 5.75 Å². The minimum atomic E-state index is -0.200. The summed E-state index contributed by atoms with van der Waals surface area (Å²) in [6, 6.07) is 5.25. The maximum atomic E-state index is 10.9. The van der Waals surface area contributed by atoms with E-state index in [1.807, 2.05) is 12.3 Å². The lowest BCUT2D eigenvalue weighted by molar-refractivity contribution is -0.116. The Balaban J connectivity index is 2.70. The van der Waals surface area contributed by atoms with E-state index in [0.29, 0.717) is 6.54 Å². The van der Waals surface area contributed by atoms with Gasteiger partial charge >= 0.3 is 0 Å². The summed E-state index contributed by atoms with van der Waals surface area (Å²) in [5, 5.41) is 12.1. The molecule has 4 heteroatoms. The summed E-state index contributed by atoms with van der Waals surface area (Å²) >= 11 is 1.47. The van der Waals surface area contributed by atoms with Gasteiger partial charge in [-0.3, -0.25) is 4.79 Å². The molecule has 0 radical (unpaired) electrons. The van der Waals surface area contributed by atoms with Gasteiger partial charge in [-0.1, -0.05) is 12.6 Å². The number of benzene rings is 1. The third-order valence-electron chi connectivity index (χ3n) is 1.90. The number of thioether (sulfide) groups is 1. The molecule has 0 bridgehead atoms. The van der Waals surface area contributed by atoms with Gasteiger partial charge in [-0.15, -0.1) is 11.8 Å². The van der Waals surface area contributed by atoms with E-state index >= 15 is 0 Å². The maximum Gasteiger partial charge on any atom is 0.243 e. The number of amides is 1. The van der Waals surface area contributed by atoms with Crippen molar-refractivity contribution in [3.05, 3.63) is 36.4 Å². The van der Waals surface area contributed by atoms with E-state index < -0.39 is 0 Å². The number of carbonyl (C=O) groups excluding carboxylic acids is 1. The second-order valence-corrected chi connectivity index (χ2v) is 3.78. The molecule has 0 aliphatic carbocycles. The van der Waals surface area contributed by atoms with Crippen molar-refractivity contribution < 1.29 is 9.90 Å². The molecule has 0 atom stereocenters. The highest BCUT2D eigenvalue weighted by atomic mass is 32.2. The number of rotatable bonds is 4. The molecular weight excluding hydrogens is 210 g/mol. The molecule has 0 heterocycles. The summed E-state index contributed by atoms with van der Waals surface area (Å²) in [4.78, 5) is 11.7. The number of phenolic OH excluding ortho intramolecular Hbond substituents is 1. The Morgan fingerprint density at radius 1 is 1.67 bits per heavy atom. The van der Waals surface area contributed by atoms with E-state index in [4.69, 9.17) is 0 Å². The average molecular weight is 223 g/mol. The van der Waals surface area contributed by atoms with Crippen LogP contribution in [0.2, 0.25) is 0 Å². The Kier molecular flexibility index (Phi) is 4.24. The second-order valence-electron chi connectivity index (χ2n) is 2.93. The molecule has 1 aromatic rings. The third-order valence-corrected chi connectivity index (χ3v) is 2.66. The molecule has 15 heavy (non-hydrogen) atoms. The van der Waals surface area contributed by atoms with Crippen LogP contribution < -0.4 is 5.32 Å². The molecule has 0 aliphatic rings. The molecule has 1 amide bonds. The number of hydrogen-bond acceptors (Lipinski definition) is 3. The van der Waals surface area contributed by atoms with Gasteiger partial charge < -0.3 is 10.4 Å². The predicted molar refractivity (Wildman–Crippen MR) is 61.9 cm³/mol. The van der Waals surface area contributed by atoms with Crippen molar-refractivity contribution in [1.82, 2.24) is 5.32 Å². The van der Waals surface area contributed by atoms with Crippen LogP contribution in [0.25, 0.3) is 0 Å². The van der Waals surface area contributed by atoms with Crippen molar-refractivity contribution in [1.29, 1.82) is 0 Å². The van der Waals surface area contributed by atoms with Crippen LogP contribution in [0.3, 0.4) is 0 Å². The first-order valence-electron chi connectivity index (χ1n) is 4.43. The minimum Gasteiger partial charge on any atom is -0.507 e. The van der Waals surface area contributed by atoms with Crippen molar-refractivity contribution in [3.63, 3.8) is 0 Å². The molecule has 0 aromatic heterocycles.